The van der Waals surface area contributed by atoms with Crippen molar-refractivity contribution in [3.05, 3.63) is 24.3 Å². The highest BCUT2D eigenvalue weighted by atomic mass is 16.5. The molecule has 0 atom stereocenters. The standard InChI is InChI=1S/C16H26O4/c1-3-5-7-9-13-19-15(17)11-12-16(18)20-14-10-8-6-4-2/h7-10H,3-6,11-14H2,1-2H3/b9-7-,10-8-. The predicted molar refractivity (Wildman–Crippen MR) is 79.2 cm³/mol. The van der Waals surface area contributed by atoms with Crippen molar-refractivity contribution in [3.63, 3.8) is 0 Å². The molecule has 114 valence electrons. The molecule has 0 radical (unpaired) electrons. The Balaban J connectivity index is 3.55. The average molecular weight is 282 g/mol. The minimum absolute atomic E-state index is 0.0686. The maximum atomic E-state index is 11.3. The van der Waals surface area contributed by atoms with Crippen LogP contribution in [0.3, 0.4) is 0 Å². The summed E-state index contributed by atoms with van der Waals surface area (Å²) in [5.74, 6) is -0.741. The molecule has 0 fully saturated rings. The normalized spacial score (nSPS) is 11.1. The first-order valence-corrected chi connectivity index (χ1v) is 7.31. The lowest BCUT2D eigenvalue weighted by molar-refractivity contribution is -0.149. The van der Waals surface area contributed by atoms with Gasteiger partial charge in [-0.05, 0) is 12.8 Å². The molecule has 0 heterocycles. The largest absolute Gasteiger partial charge is 0.461 e. The van der Waals surface area contributed by atoms with E-state index in [9.17, 15) is 9.59 Å². The zero-order valence-electron chi connectivity index (χ0n) is 12.6. The summed E-state index contributed by atoms with van der Waals surface area (Å²) < 4.78 is 9.90. The molecule has 0 rings (SSSR count). The van der Waals surface area contributed by atoms with Crippen LogP contribution in [-0.2, 0) is 19.1 Å². The summed E-state index contributed by atoms with van der Waals surface area (Å²) in [6.07, 6.45) is 11.8. The van der Waals surface area contributed by atoms with Crippen molar-refractivity contribution in [3.8, 4) is 0 Å². The molecule has 4 heteroatoms. The summed E-state index contributed by atoms with van der Waals surface area (Å²) in [6, 6.07) is 0. The molecule has 4 nitrogen and oxygen atoms in total. The number of esters is 2. The van der Waals surface area contributed by atoms with Crippen molar-refractivity contribution in [2.75, 3.05) is 13.2 Å². The van der Waals surface area contributed by atoms with Gasteiger partial charge >= 0.3 is 11.9 Å². The van der Waals surface area contributed by atoms with Crippen molar-refractivity contribution in [2.24, 2.45) is 0 Å². The third-order valence-electron chi connectivity index (χ3n) is 2.46. The molecule has 0 aliphatic carbocycles. The van der Waals surface area contributed by atoms with Crippen LogP contribution in [0.2, 0.25) is 0 Å². The van der Waals surface area contributed by atoms with Gasteiger partial charge < -0.3 is 9.47 Å². The van der Waals surface area contributed by atoms with E-state index in [1.807, 2.05) is 24.3 Å². The summed E-state index contributed by atoms with van der Waals surface area (Å²) in [7, 11) is 0. The van der Waals surface area contributed by atoms with Crippen molar-refractivity contribution in [1.82, 2.24) is 0 Å². The molecular formula is C16H26O4. The second-order valence-electron chi connectivity index (χ2n) is 4.39. The highest BCUT2D eigenvalue weighted by Crippen LogP contribution is 1.97. The lowest BCUT2D eigenvalue weighted by Gasteiger charge is -2.02. The SMILES string of the molecule is CCC/C=C\COC(=O)CCC(=O)OC/C=C\CCC. The van der Waals surface area contributed by atoms with Crippen LogP contribution in [0, 0.1) is 0 Å². The van der Waals surface area contributed by atoms with Gasteiger partial charge in [-0.1, -0.05) is 51.0 Å². The minimum Gasteiger partial charge on any atom is -0.461 e. The molecule has 0 aromatic rings. The smallest absolute Gasteiger partial charge is 0.306 e. The fraction of sp³-hybridized carbons (Fsp3) is 0.625. The number of hydrogen-bond acceptors (Lipinski definition) is 4. The van der Waals surface area contributed by atoms with E-state index in [1.165, 1.54) is 0 Å². The van der Waals surface area contributed by atoms with Gasteiger partial charge in [-0.3, -0.25) is 9.59 Å². The van der Waals surface area contributed by atoms with Gasteiger partial charge in [-0.25, -0.2) is 0 Å². The van der Waals surface area contributed by atoms with Gasteiger partial charge in [0.2, 0.25) is 0 Å². The second kappa shape index (κ2) is 13.8. The number of carbonyl (C=O) groups excluding carboxylic acids is 2. The highest BCUT2D eigenvalue weighted by Gasteiger charge is 2.07. The molecule has 0 aromatic carbocycles. The number of carbonyl (C=O) groups is 2. The van der Waals surface area contributed by atoms with Crippen LogP contribution in [0.15, 0.2) is 24.3 Å². The zero-order chi connectivity index (χ0) is 15.1. The van der Waals surface area contributed by atoms with Crippen LogP contribution >= 0.6 is 0 Å². The first kappa shape index (κ1) is 18.4. The third kappa shape index (κ3) is 12.9. The van der Waals surface area contributed by atoms with E-state index in [-0.39, 0.29) is 38.0 Å². The lowest BCUT2D eigenvalue weighted by atomic mass is 10.3. The van der Waals surface area contributed by atoms with Crippen molar-refractivity contribution >= 4 is 11.9 Å². The Morgan fingerprint density at radius 3 is 1.50 bits per heavy atom. The van der Waals surface area contributed by atoms with E-state index >= 15 is 0 Å². The Morgan fingerprint density at radius 2 is 1.15 bits per heavy atom. The average Bonchev–Trinajstić information content (AvgIpc) is 2.44. The van der Waals surface area contributed by atoms with Crippen LogP contribution in [0.1, 0.15) is 52.4 Å². The summed E-state index contributed by atoms with van der Waals surface area (Å²) in [5, 5.41) is 0. The van der Waals surface area contributed by atoms with Crippen LogP contribution in [0.25, 0.3) is 0 Å². The number of allylic oxidation sites excluding steroid dienone is 2. The maximum Gasteiger partial charge on any atom is 0.306 e. The lowest BCUT2D eigenvalue weighted by Crippen LogP contribution is -2.10. The predicted octanol–water partition coefficient (Wildman–Crippen LogP) is 3.57. The third-order valence-corrected chi connectivity index (χ3v) is 2.46. The van der Waals surface area contributed by atoms with Gasteiger partial charge in [0.15, 0.2) is 0 Å². The first-order valence-electron chi connectivity index (χ1n) is 7.31. The highest BCUT2D eigenvalue weighted by molar-refractivity contribution is 5.77. The molecule has 20 heavy (non-hydrogen) atoms. The number of rotatable bonds is 11. The number of unbranched alkanes of at least 4 members (excludes halogenated alkanes) is 2. The quantitative estimate of drug-likeness (QED) is 0.429. The molecule has 0 N–H and O–H groups in total. The minimum atomic E-state index is -0.371. The molecule has 0 aromatic heterocycles. The summed E-state index contributed by atoms with van der Waals surface area (Å²) in [5.41, 5.74) is 0. The molecule has 0 saturated carbocycles. The van der Waals surface area contributed by atoms with Crippen molar-refractivity contribution in [2.45, 2.75) is 52.4 Å². The number of hydrogen-bond donors (Lipinski definition) is 0. The molecule has 0 aliphatic rings. The topological polar surface area (TPSA) is 52.6 Å². The molecule has 0 spiro atoms. The van der Waals surface area contributed by atoms with Gasteiger partial charge in [0.25, 0.3) is 0 Å². The molecular weight excluding hydrogens is 256 g/mol. The second-order valence-corrected chi connectivity index (χ2v) is 4.39. The van der Waals surface area contributed by atoms with Gasteiger partial charge in [-0.2, -0.15) is 0 Å². The monoisotopic (exact) mass is 282 g/mol. The Bertz CT molecular complexity index is 286. The van der Waals surface area contributed by atoms with E-state index in [1.54, 1.807) is 0 Å². The Labute approximate surface area is 121 Å². The Morgan fingerprint density at radius 1 is 0.750 bits per heavy atom. The van der Waals surface area contributed by atoms with Gasteiger partial charge in [0.1, 0.15) is 13.2 Å². The van der Waals surface area contributed by atoms with Crippen LogP contribution in [-0.4, -0.2) is 25.2 Å². The summed E-state index contributed by atoms with van der Waals surface area (Å²) >= 11 is 0. The first-order chi connectivity index (χ1) is 9.70. The van der Waals surface area contributed by atoms with Crippen LogP contribution in [0.4, 0.5) is 0 Å². The summed E-state index contributed by atoms with van der Waals surface area (Å²) in [4.78, 5) is 22.6. The molecule has 0 saturated heterocycles. The molecule has 0 unspecified atom stereocenters. The Kier molecular flexibility index (Phi) is 12.7. The van der Waals surface area contributed by atoms with Crippen molar-refractivity contribution in [1.29, 1.82) is 0 Å². The van der Waals surface area contributed by atoms with E-state index < -0.39 is 0 Å². The number of ether oxygens (including phenoxy) is 2. The Hall–Kier alpha value is -1.58. The van der Waals surface area contributed by atoms with Crippen molar-refractivity contribution < 1.29 is 19.1 Å². The van der Waals surface area contributed by atoms with Gasteiger partial charge in [0.05, 0.1) is 12.8 Å². The van der Waals surface area contributed by atoms with E-state index in [4.69, 9.17) is 9.47 Å². The van der Waals surface area contributed by atoms with Crippen LogP contribution < -0.4 is 0 Å². The van der Waals surface area contributed by atoms with E-state index in [2.05, 4.69) is 13.8 Å². The molecule has 0 aliphatic heterocycles. The van der Waals surface area contributed by atoms with Crippen LogP contribution in [0.5, 0.6) is 0 Å². The maximum absolute atomic E-state index is 11.3. The molecule has 0 bridgehead atoms. The van der Waals surface area contributed by atoms with E-state index in [0.717, 1.165) is 25.7 Å². The summed E-state index contributed by atoms with van der Waals surface area (Å²) in [6.45, 7) is 4.71. The zero-order valence-corrected chi connectivity index (χ0v) is 12.6. The molecule has 0 amide bonds. The van der Waals surface area contributed by atoms with E-state index in [0.29, 0.717) is 0 Å². The van der Waals surface area contributed by atoms with Gasteiger partial charge in [0, 0.05) is 0 Å². The van der Waals surface area contributed by atoms with Gasteiger partial charge in [-0.15, -0.1) is 0 Å². The fourth-order valence-electron chi connectivity index (χ4n) is 1.34. The fourth-order valence-corrected chi connectivity index (χ4v) is 1.34.